The molecule has 1 aromatic heterocycles. The minimum Gasteiger partial charge on any atom is -0.319 e. The summed E-state index contributed by atoms with van der Waals surface area (Å²) in [4.78, 5) is 18.9. The lowest BCUT2D eigenvalue weighted by atomic mass is 9.87. The fourth-order valence-corrected chi connectivity index (χ4v) is 5.28. The van der Waals surface area contributed by atoms with Crippen molar-refractivity contribution in [1.29, 1.82) is 0 Å². The summed E-state index contributed by atoms with van der Waals surface area (Å²) in [7, 11) is 0. The number of nitrogens with zero attached hydrogens (tertiary/aromatic N) is 2. The van der Waals surface area contributed by atoms with E-state index in [0.29, 0.717) is 12.8 Å². The van der Waals surface area contributed by atoms with Crippen molar-refractivity contribution in [3.8, 4) is 0 Å². The van der Waals surface area contributed by atoms with Gasteiger partial charge in [-0.2, -0.15) is 0 Å². The standard InChI is InChI=1S/C16H21F2N3OS/c1-3-12-19-9(2)13(23-12)20-14(22)21-10-4-5-11(21)7-15(6-10)8-16(15,17)18/h10-11H,3-8H2,1-2H3,(H,20,22). The molecule has 1 aliphatic carbocycles. The van der Waals surface area contributed by atoms with E-state index in [1.807, 2.05) is 18.7 Å². The monoisotopic (exact) mass is 341 g/mol. The molecule has 2 unspecified atom stereocenters. The molecule has 7 heteroatoms. The van der Waals surface area contributed by atoms with Gasteiger partial charge in [-0.25, -0.2) is 18.6 Å². The Morgan fingerprint density at radius 2 is 2.00 bits per heavy atom. The van der Waals surface area contributed by atoms with E-state index in [0.717, 1.165) is 35.0 Å². The van der Waals surface area contributed by atoms with Gasteiger partial charge in [0.2, 0.25) is 0 Å². The second kappa shape index (κ2) is 4.88. The molecule has 4 rings (SSSR count). The number of rotatable bonds is 2. The lowest BCUT2D eigenvalue weighted by Crippen LogP contribution is -2.49. The number of nitrogens with one attached hydrogen (secondary N) is 1. The number of carbonyl (C=O) groups excluding carboxylic acids is 1. The molecule has 2 saturated heterocycles. The van der Waals surface area contributed by atoms with Crippen molar-refractivity contribution in [3.05, 3.63) is 10.7 Å². The molecule has 0 radical (unpaired) electrons. The Bertz CT molecular complexity index is 646. The van der Waals surface area contributed by atoms with Crippen LogP contribution < -0.4 is 5.32 Å². The van der Waals surface area contributed by atoms with Gasteiger partial charge in [0, 0.05) is 23.9 Å². The lowest BCUT2D eigenvalue weighted by Gasteiger charge is -2.39. The third kappa shape index (κ3) is 2.27. The highest BCUT2D eigenvalue weighted by atomic mass is 32.1. The average molecular weight is 341 g/mol. The van der Waals surface area contributed by atoms with Crippen LogP contribution in [0, 0.1) is 12.3 Å². The Hall–Kier alpha value is -1.24. The van der Waals surface area contributed by atoms with Gasteiger partial charge in [0.25, 0.3) is 5.92 Å². The normalized spacial score (nSPS) is 34.0. The van der Waals surface area contributed by atoms with Crippen LogP contribution >= 0.6 is 11.3 Å². The van der Waals surface area contributed by atoms with Crippen molar-refractivity contribution >= 4 is 22.4 Å². The molecule has 2 amide bonds. The minimum atomic E-state index is -2.51. The van der Waals surface area contributed by atoms with Crippen molar-refractivity contribution in [2.75, 3.05) is 5.32 Å². The van der Waals surface area contributed by atoms with Gasteiger partial charge in [-0.05, 0) is 39.0 Å². The fraction of sp³-hybridized carbons (Fsp3) is 0.750. The number of aryl methyl sites for hydroxylation is 2. The highest BCUT2D eigenvalue weighted by molar-refractivity contribution is 7.16. The Morgan fingerprint density at radius 3 is 2.48 bits per heavy atom. The van der Waals surface area contributed by atoms with Crippen LogP contribution in [0.2, 0.25) is 0 Å². The smallest absolute Gasteiger partial charge is 0.319 e. The number of amides is 2. The van der Waals surface area contributed by atoms with Gasteiger partial charge >= 0.3 is 6.03 Å². The summed E-state index contributed by atoms with van der Waals surface area (Å²) in [6.07, 6.45) is 3.44. The average Bonchev–Trinajstić information content (AvgIpc) is 2.75. The number of halogens is 2. The maximum Gasteiger partial charge on any atom is 0.323 e. The van der Waals surface area contributed by atoms with Crippen LogP contribution in [0.5, 0.6) is 0 Å². The predicted molar refractivity (Wildman–Crippen MR) is 85.1 cm³/mol. The summed E-state index contributed by atoms with van der Waals surface area (Å²) in [6.45, 7) is 3.92. The van der Waals surface area contributed by atoms with E-state index >= 15 is 0 Å². The third-order valence-electron chi connectivity index (χ3n) is 5.68. The Labute approximate surface area is 138 Å². The number of fused-ring (bicyclic) bond motifs is 2. The van der Waals surface area contributed by atoms with Crippen molar-refractivity contribution in [2.24, 2.45) is 5.41 Å². The maximum atomic E-state index is 13.7. The van der Waals surface area contributed by atoms with Gasteiger partial charge in [-0.3, -0.25) is 5.32 Å². The van der Waals surface area contributed by atoms with E-state index in [4.69, 9.17) is 0 Å². The summed E-state index contributed by atoms with van der Waals surface area (Å²) < 4.78 is 27.4. The number of urea groups is 1. The molecule has 2 aliphatic heterocycles. The number of carbonyl (C=O) groups is 1. The topological polar surface area (TPSA) is 45.2 Å². The van der Waals surface area contributed by atoms with Gasteiger partial charge < -0.3 is 4.90 Å². The zero-order valence-corrected chi connectivity index (χ0v) is 14.2. The Balaban J connectivity index is 1.49. The maximum absolute atomic E-state index is 13.7. The molecule has 1 aromatic rings. The molecule has 1 saturated carbocycles. The van der Waals surface area contributed by atoms with Crippen LogP contribution in [0.3, 0.4) is 0 Å². The number of alkyl halides is 2. The molecule has 2 atom stereocenters. The SMILES string of the molecule is CCc1nc(C)c(NC(=O)N2C3CCC2CC2(C3)CC2(F)F)s1. The van der Waals surface area contributed by atoms with E-state index in [2.05, 4.69) is 10.3 Å². The zero-order chi connectivity index (χ0) is 16.4. The summed E-state index contributed by atoms with van der Waals surface area (Å²) in [5.74, 6) is -2.51. The summed E-state index contributed by atoms with van der Waals surface area (Å²) >= 11 is 1.50. The zero-order valence-electron chi connectivity index (χ0n) is 13.4. The van der Waals surface area contributed by atoms with Crippen LogP contribution in [0.25, 0.3) is 0 Å². The molecular formula is C16H21F2N3OS. The first-order chi connectivity index (χ1) is 10.9. The Kier molecular flexibility index (Phi) is 3.25. The highest BCUT2D eigenvalue weighted by Gasteiger charge is 2.74. The predicted octanol–water partition coefficient (Wildman–Crippen LogP) is 4.20. The van der Waals surface area contributed by atoms with Gasteiger partial charge in [0.1, 0.15) is 5.00 Å². The molecular weight excluding hydrogens is 320 g/mol. The van der Waals surface area contributed by atoms with Crippen LogP contribution in [0.15, 0.2) is 0 Å². The molecule has 1 spiro atoms. The molecule has 3 fully saturated rings. The van der Waals surface area contributed by atoms with E-state index in [1.54, 1.807) is 0 Å². The quantitative estimate of drug-likeness (QED) is 0.876. The lowest BCUT2D eigenvalue weighted by molar-refractivity contribution is 0.0186. The van der Waals surface area contributed by atoms with E-state index in [1.165, 1.54) is 11.3 Å². The first-order valence-electron chi connectivity index (χ1n) is 8.29. The number of hydrogen-bond acceptors (Lipinski definition) is 3. The first-order valence-corrected chi connectivity index (χ1v) is 9.10. The molecule has 23 heavy (non-hydrogen) atoms. The number of piperidine rings is 1. The Morgan fingerprint density at radius 1 is 1.39 bits per heavy atom. The molecule has 1 N–H and O–H groups in total. The molecule has 0 aromatic carbocycles. The van der Waals surface area contributed by atoms with Crippen LogP contribution in [0.1, 0.15) is 49.7 Å². The van der Waals surface area contributed by atoms with Crippen LogP contribution in [-0.2, 0) is 6.42 Å². The number of aromatic nitrogens is 1. The number of thiazole rings is 1. The fourth-order valence-electron chi connectivity index (χ4n) is 4.38. The highest BCUT2D eigenvalue weighted by Crippen LogP contribution is 2.69. The van der Waals surface area contributed by atoms with Gasteiger partial charge in [-0.1, -0.05) is 6.92 Å². The number of hydrogen-bond donors (Lipinski definition) is 1. The van der Waals surface area contributed by atoms with Crippen molar-refractivity contribution in [2.45, 2.75) is 70.4 Å². The van der Waals surface area contributed by atoms with Crippen molar-refractivity contribution < 1.29 is 13.6 Å². The summed E-state index contributed by atoms with van der Waals surface area (Å²) in [6, 6.07) is -0.229. The van der Waals surface area contributed by atoms with Crippen molar-refractivity contribution in [1.82, 2.24) is 9.88 Å². The third-order valence-corrected chi connectivity index (χ3v) is 6.90. The van der Waals surface area contributed by atoms with Crippen LogP contribution in [-0.4, -0.2) is 33.9 Å². The molecule has 4 nitrogen and oxygen atoms in total. The molecule has 126 valence electrons. The van der Waals surface area contributed by atoms with Gasteiger partial charge in [0.05, 0.1) is 10.7 Å². The van der Waals surface area contributed by atoms with E-state index in [-0.39, 0.29) is 24.5 Å². The van der Waals surface area contributed by atoms with Gasteiger partial charge in [0.15, 0.2) is 0 Å². The largest absolute Gasteiger partial charge is 0.323 e. The van der Waals surface area contributed by atoms with E-state index < -0.39 is 11.3 Å². The first kappa shape index (κ1) is 15.3. The molecule has 3 aliphatic rings. The molecule has 2 bridgehead atoms. The second-order valence-corrected chi connectivity index (χ2v) is 8.25. The number of anilines is 1. The van der Waals surface area contributed by atoms with Crippen molar-refractivity contribution in [3.63, 3.8) is 0 Å². The van der Waals surface area contributed by atoms with Gasteiger partial charge in [-0.15, -0.1) is 11.3 Å². The van der Waals surface area contributed by atoms with E-state index in [9.17, 15) is 13.6 Å². The van der Waals surface area contributed by atoms with Crippen LogP contribution in [0.4, 0.5) is 18.6 Å². The second-order valence-electron chi connectivity index (χ2n) is 7.17. The summed E-state index contributed by atoms with van der Waals surface area (Å²) in [5, 5.41) is 4.74. The molecule has 3 heterocycles. The summed E-state index contributed by atoms with van der Waals surface area (Å²) in [5.41, 5.74) is 0.0144. The minimum absolute atomic E-state index is 0.0102.